The Labute approximate surface area is 141 Å². The van der Waals surface area contributed by atoms with E-state index in [1.807, 2.05) is 0 Å². The number of hydrogen-bond donors (Lipinski definition) is 0. The molecule has 0 amide bonds. The van der Waals surface area contributed by atoms with Crippen LogP contribution in [0.3, 0.4) is 0 Å². The van der Waals surface area contributed by atoms with Gasteiger partial charge in [-0.3, -0.25) is 0 Å². The van der Waals surface area contributed by atoms with Crippen LogP contribution in [0.4, 0.5) is 0 Å². The van der Waals surface area contributed by atoms with Crippen molar-refractivity contribution < 1.29 is 0 Å². The van der Waals surface area contributed by atoms with Crippen molar-refractivity contribution in [2.75, 3.05) is 0 Å². The fourth-order valence-electron chi connectivity index (χ4n) is 3.01. The Morgan fingerprint density at radius 3 is 1.48 bits per heavy atom. The van der Waals surface area contributed by atoms with Crippen molar-refractivity contribution in [2.24, 2.45) is 0 Å². The van der Waals surface area contributed by atoms with E-state index in [9.17, 15) is 0 Å². The summed E-state index contributed by atoms with van der Waals surface area (Å²) in [6.45, 7) is 0. The van der Waals surface area contributed by atoms with Crippen molar-refractivity contribution in [1.82, 2.24) is 0 Å². The Bertz CT molecular complexity index is 723. The van der Waals surface area contributed by atoms with Gasteiger partial charge in [0.2, 0.25) is 0 Å². The molecule has 0 bridgehead atoms. The van der Waals surface area contributed by atoms with Gasteiger partial charge in [-0.2, -0.15) is 12.1 Å². The molecule has 1 heteroatoms. The van der Waals surface area contributed by atoms with Gasteiger partial charge in [0.05, 0.1) is 0 Å². The summed E-state index contributed by atoms with van der Waals surface area (Å²) in [7, 11) is 0. The minimum atomic E-state index is 0. The maximum Gasteiger partial charge on any atom is 2.00 e. The molecule has 21 heavy (non-hydrogen) atoms. The van der Waals surface area contributed by atoms with E-state index in [2.05, 4.69) is 72.8 Å². The summed E-state index contributed by atoms with van der Waals surface area (Å²) >= 11 is 0. The molecule has 0 fully saturated rings. The van der Waals surface area contributed by atoms with Crippen LogP contribution in [0.25, 0.3) is 21.5 Å². The van der Waals surface area contributed by atoms with Crippen LogP contribution in [0.2, 0.25) is 0 Å². The zero-order chi connectivity index (χ0) is 13.4. The monoisotopic (exact) mass is 280 g/mol. The third-order valence-electron chi connectivity index (χ3n) is 4.06. The molecule has 0 radical (unpaired) electrons. The molecule has 4 aromatic rings. The van der Waals surface area contributed by atoms with E-state index in [0.29, 0.717) is 0 Å². The van der Waals surface area contributed by atoms with E-state index in [1.54, 1.807) is 0 Å². The summed E-state index contributed by atoms with van der Waals surface area (Å²) < 4.78 is 0. The molecular weight excluding hydrogens is 265 g/mol. The van der Waals surface area contributed by atoms with Gasteiger partial charge in [-0.05, 0) is 12.8 Å². The summed E-state index contributed by atoms with van der Waals surface area (Å²) in [4.78, 5) is 0. The van der Waals surface area contributed by atoms with Crippen LogP contribution < -0.4 is 0 Å². The van der Waals surface area contributed by atoms with Crippen LogP contribution in [0.5, 0.6) is 0 Å². The molecule has 0 saturated carbocycles. The van der Waals surface area contributed by atoms with Crippen LogP contribution in [-0.2, 0) is 12.8 Å². The Balaban J connectivity index is 0.00000132. The van der Waals surface area contributed by atoms with Gasteiger partial charge in [0.15, 0.2) is 0 Å². The number of fused-ring (bicyclic) bond motifs is 2. The fraction of sp³-hybridized carbons (Fsp3) is 0.100. The second-order valence-electron chi connectivity index (χ2n) is 5.49. The molecule has 0 aliphatic carbocycles. The molecule has 0 atom stereocenters. The summed E-state index contributed by atoms with van der Waals surface area (Å²) in [5, 5.41) is 5.43. The first-order valence-corrected chi connectivity index (χ1v) is 7.17. The van der Waals surface area contributed by atoms with E-state index >= 15 is 0 Å². The van der Waals surface area contributed by atoms with Gasteiger partial charge in [0.1, 0.15) is 0 Å². The Kier molecular flexibility index (Phi) is 4.14. The first-order chi connectivity index (χ1) is 9.88. The van der Waals surface area contributed by atoms with E-state index < -0.39 is 0 Å². The molecule has 0 N–H and O–H groups in total. The number of aryl methyl sites for hydroxylation is 2. The maximum atomic E-state index is 2.32. The molecule has 0 aromatic heterocycles. The summed E-state index contributed by atoms with van der Waals surface area (Å²) in [6, 6.07) is 26.5. The van der Waals surface area contributed by atoms with E-state index in [0.717, 1.165) is 12.8 Å². The van der Waals surface area contributed by atoms with Crippen molar-refractivity contribution in [3.8, 4) is 0 Å². The summed E-state index contributed by atoms with van der Waals surface area (Å²) in [6.07, 6.45) is 2.23. The van der Waals surface area contributed by atoms with Gasteiger partial charge in [-0.1, -0.05) is 12.1 Å². The van der Waals surface area contributed by atoms with Crippen molar-refractivity contribution in [1.29, 1.82) is 0 Å². The van der Waals surface area contributed by atoms with Crippen molar-refractivity contribution in [2.45, 2.75) is 12.8 Å². The fourth-order valence-corrected chi connectivity index (χ4v) is 3.01. The van der Waals surface area contributed by atoms with E-state index in [-0.39, 0.29) is 23.1 Å². The Morgan fingerprint density at radius 2 is 1.05 bits per heavy atom. The van der Waals surface area contributed by atoms with Gasteiger partial charge in [0.25, 0.3) is 0 Å². The minimum absolute atomic E-state index is 0. The van der Waals surface area contributed by atoms with Crippen LogP contribution in [0.1, 0.15) is 11.1 Å². The molecule has 4 aromatic carbocycles. The standard InChI is InChI=1S/C20H16.Mg/c1-2-6-18-12-15(11-17(18)5-1)9-10-16-13-19-7-3-4-8-20(19)14-16;/h1-8,11-14H,9-10H2;/q-2;+2. The molecule has 98 valence electrons. The zero-order valence-corrected chi connectivity index (χ0v) is 13.5. The molecule has 0 aliphatic heterocycles. The van der Waals surface area contributed by atoms with E-state index in [1.165, 1.54) is 32.7 Å². The van der Waals surface area contributed by atoms with Crippen molar-refractivity contribution in [3.63, 3.8) is 0 Å². The largest absolute Gasteiger partial charge is 2.00 e. The van der Waals surface area contributed by atoms with Crippen LogP contribution in [-0.4, -0.2) is 23.1 Å². The first-order valence-electron chi connectivity index (χ1n) is 7.17. The average Bonchev–Trinajstić information content (AvgIpc) is 3.07. The number of rotatable bonds is 3. The smallest absolute Gasteiger partial charge is 0.165 e. The Hall–Kier alpha value is -1.57. The minimum Gasteiger partial charge on any atom is -0.165 e. The molecule has 0 aliphatic rings. The third-order valence-corrected chi connectivity index (χ3v) is 4.06. The first kappa shape index (κ1) is 14.4. The molecular formula is C20H16Mg. The van der Waals surface area contributed by atoms with Crippen molar-refractivity contribution in [3.05, 3.63) is 83.9 Å². The molecule has 0 nitrogen and oxygen atoms in total. The zero-order valence-electron chi connectivity index (χ0n) is 12.0. The van der Waals surface area contributed by atoms with E-state index in [4.69, 9.17) is 0 Å². The quantitative estimate of drug-likeness (QED) is 0.372. The third kappa shape index (κ3) is 2.90. The molecule has 0 unspecified atom stereocenters. The SMILES string of the molecule is [Mg+2].c1ccc2[cH-]c(CCc3cc4ccccc4[cH-]3)cc2c1. The molecule has 0 heterocycles. The molecule has 0 spiro atoms. The van der Waals surface area contributed by atoms with Gasteiger partial charge in [0, 0.05) is 0 Å². The number of benzene rings is 2. The topological polar surface area (TPSA) is 0 Å². The van der Waals surface area contributed by atoms with Gasteiger partial charge in [-0.15, -0.1) is 81.2 Å². The maximum absolute atomic E-state index is 2.32. The molecule has 0 saturated heterocycles. The normalized spacial score (nSPS) is 10.9. The van der Waals surface area contributed by atoms with Gasteiger partial charge in [-0.25, -0.2) is 0 Å². The summed E-state index contributed by atoms with van der Waals surface area (Å²) in [5.41, 5.74) is 2.88. The van der Waals surface area contributed by atoms with Crippen LogP contribution in [0, 0.1) is 0 Å². The second-order valence-corrected chi connectivity index (χ2v) is 5.49. The summed E-state index contributed by atoms with van der Waals surface area (Å²) in [5.74, 6) is 0. The van der Waals surface area contributed by atoms with Crippen LogP contribution in [0.15, 0.2) is 72.8 Å². The van der Waals surface area contributed by atoms with Crippen molar-refractivity contribution >= 4 is 44.6 Å². The predicted octanol–water partition coefficient (Wildman–Crippen LogP) is 4.84. The van der Waals surface area contributed by atoms with Crippen LogP contribution >= 0.6 is 0 Å². The van der Waals surface area contributed by atoms with Gasteiger partial charge >= 0.3 is 23.1 Å². The average molecular weight is 281 g/mol. The van der Waals surface area contributed by atoms with Gasteiger partial charge < -0.3 is 0 Å². The number of hydrogen-bond acceptors (Lipinski definition) is 0. The Morgan fingerprint density at radius 1 is 0.619 bits per heavy atom. The molecule has 4 rings (SSSR count). The predicted molar refractivity (Wildman–Crippen MR) is 92.2 cm³/mol. The second kappa shape index (κ2) is 6.04.